The van der Waals surface area contributed by atoms with E-state index in [2.05, 4.69) is 4.74 Å². The standard InChI is InChI=1S/C19H15NO8S/c1-24-13-7-15-14(26-9-27-15)5-10(13)6-16-17(21)20(19(23)29-16)8-11-3-4-12(28-11)18(22)25-2/h3-7H,8-9H2,1-2H3/b16-6+. The summed E-state index contributed by atoms with van der Waals surface area (Å²) in [6.07, 6.45) is 1.56. The lowest BCUT2D eigenvalue weighted by atomic mass is 10.1. The molecule has 0 N–H and O–H groups in total. The van der Waals surface area contributed by atoms with E-state index < -0.39 is 17.1 Å². The van der Waals surface area contributed by atoms with E-state index in [0.29, 0.717) is 22.8 Å². The highest BCUT2D eigenvalue weighted by Gasteiger charge is 2.36. The molecule has 1 aromatic heterocycles. The Morgan fingerprint density at radius 3 is 2.69 bits per heavy atom. The van der Waals surface area contributed by atoms with Gasteiger partial charge in [0.15, 0.2) is 11.5 Å². The van der Waals surface area contributed by atoms with Gasteiger partial charge in [-0.15, -0.1) is 0 Å². The Labute approximate surface area is 169 Å². The first-order valence-electron chi connectivity index (χ1n) is 8.40. The van der Waals surface area contributed by atoms with Crippen LogP contribution in [0.4, 0.5) is 4.79 Å². The lowest BCUT2D eigenvalue weighted by Gasteiger charge is -2.10. The monoisotopic (exact) mass is 417 g/mol. The van der Waals surface area contributed by atoms with Gasteiger partial charge < -0.3 is 23.4 Å². The van der Waals surface area contributed by atoms with E-state index in [1.807, 2.05) is 0 Å². The summed E-state index contributed by atoms with van der Waals surface area (Å²) in [5.74, 6) is 0.726. The van der Waals surface area contributed by atoms with Crippen molar-refractivity contribution in [2.24, 2.45) is 0 Å². The van der Waals surface area contributed by atoms with Crippen LogP contribution in [0.1, 0.15) is 21.9 Å². The van der Waals surface area contributed by atoms with Gasteiger partial charge in [-0.2, -0.15) is 0 Å². The molecule has 29 heavy (non-hydrogen) atoms. The number of hydrogen-bond donors (Lipinski definition) is 0. The van der Waals surface area contributed by atoms with Crippen LogP contribution in [0.5, 0.6) is 17.2 Å². The van der Waals surface area contributed by atoms with Crippen molar-refractivity contribution in [3.63, 3.8) is 0 Å². The van der Waals surface area contributed by atoms with E-state index in [-0.39, 0.29) is 29.8 Å². The summed E-state index contributed by atoms with van der Waals surface area (Å²) in [4.78, 5) is 37.8. The molecule has 2 aliphatic heterocycles. The molecule has 2 amide bonds. The highest BCUT2D eigenvalue weighted by Crippen LogP contribution is 2.41. The van der Waals surface area contributed by atoms with Gasteiger partial charge in [0.1, 0.15) is 11.5 Å². The highest BCUT2D eigenvalue weighted by molar-refractivity contribution is 8.18. The number of methoxy groups -OCH3 is 2. The molecular formula is C19H15NO8S. The Hall–Kier alpha value is -3.40. The van der Waals surface area contributed by atoms with Crippen LogP contribution in [0.15, 0.2) is 33.6 Å². The molecule has 0 aliphatic carbocycles. The third kappa shape index (κ3) is 3.54. The van der Waals surface area contributed by atoms with Gasteiger partial charge in [0, 0.05) is 11.6 Å². The zero-order chi connectivity index (χ0) is 20.5. The smallest absolute Gasteiger partial charge is 0.373 e. The van der Waals surface area contributed by atoms with E-state index >= 15 is 0 Å². The van der Waals surface area contributed by atoms with Crippen molar-refractivity contribution in [1.82, 2.24) is 4.90 Å². The van der Waals surface area contributed by atoms with E-state index in [0.717, 1.165) is 16.7 Å². The van der Waals surface area contributed by atoms with Gasteiger partial charge in [-0.05, 0) is 36.0 Å². The second kappa shape index (κ2) is 7.55. The summed E-state index contributed by atoms with van der Waals surface area (Å²) in [5.41, 5.74) is 0.577. The van der Waals surface area contributed by atoms with Crippen molar-refractivity contribution < 1.29 is 37.7 Å². The Kier molecular flexibility index (Phi) is 4.93. The van der Waals surface area contributed by atoms with Gasteiger partial charge in [-0.25, -0.2) is 4.79 Å². The fourth-order valence-electron chi connectivity index (χ4n) is 2.84. The van der Waals surface area contributed by atoms with Crippen LogP contribution in [0.3, 0.4) is 0 Å². The van der Waals surface area contributed by atoms with Gasteiger partial charge in [0.25, 0.3) is 11.1 Å². The summed E-state index contributed by atoms with van der Waals surface area (Å²) in [6.45, 7) is 0.00639. The average Bonchev–Trinajstić information content (AvgIpc) is 3.43. The van der Waals surface area contributed by atoms with Gasteiger partial charge in [-0.1, -0.05) is 0 Å². The second-order valence-electron chi connectivity index (χ2n) is 5.97. The first kappa shape index (κ1) is 18.9. The minimum atomic E-state index is -0.639. The predicted octanol–water partition coefficient (Wildman–Crippen LogP) is 3.04. The first-order chi connectivity index (χ1) is 14.0. The molecule has 2 aliphatic rings. The first-order valence-corrected chi connectivity index (χ1v) is 9.22. The number of nitrogens with zero attached hydrogens (tertiary/aromatic N) is 1. The zero-order valence-electron chi connectivity index (χ0n) is 15.4. The maximum absolute atomic E-state index is 12.7. The molecule has 2 aromatic rings. The Bertz CT molecular complexity index is 1040. The van der Waals surface area contributed by atoms with E-state index in [9.17, 15) is 14.4 Å². The Balaban J connectivity index is 1.57. The number of carbonyl (C=O) groups excluding carboxylic acids is 3. The molecular weight excluding hydrogens is 402 g/mol. The second-order valence-corrected chi connectivity index (χ2v) is 6.97. The molecule has 3 heterocycles. The summed E-state index contributed by atoms with van der Waals surface area (Å²) >= 11 is 0.804. The Morgan fingerprint density at radius 2 is 1.97 bits per heavy atom. The number of fused-ring (bicyclic) bond motifs is 1. The molecule has 0 unspecified atom stereocenters. The van der Waals surface area contributed by atoms with Crippen LogP contribution < -0.4 is 14.2 Å². The molecule has 1 saturated heterocycles. The Morgan fingerprint density at radius 1 is 1.21 bits per heavy atom. The van der Waals surface area contributed by atoms with E-state index in [1.165, 1.54) is 26.4 Å². The molecule has 0 bridgehead atoms. The van der Waals surface area contributed by atoms with Crippen molar-refractivity contribution in [3.8, 4) is 17.2 Å². The number of furan rings is 1. The predicted molar refractivity (Wildman–Crippen MR) is 101 cm³/mol. The van der Waals surface area contributed by atoms with Crippen molar-refractivity contribution in [2.75, 3.05) is 21.0 Å². The highest BCUT2D eigenvalue weighted by atomic mass is 32.2. The van der Waals surface area contributed by atoms with Crippen molar-refractivity contribution >= 4 is 35.0 Å². The number of rotatable bonds is 5. The summed E-state index contributed by atoms with van der Waals surface area (Å²) in [6, 6.07) is 6.29. The van der Waals surface area contributed by atoms with Crippen molar-refractivity contribution in [3.05, 3.63) is 46.3 Å². The summed E-state index contributed by atoms with van der Waals surface area (Å²) in [5, 5.41) is -0.447. The van der Waals surface area contributed by atoms with Crippen LogP contribution >= 0.6 is 11.8 Å². The molecule has 4 rings (SSSR count). The lowest BCUT2D eigenvalue weighted by Crippen LogP contribution is -2.27. The summed E-state index contributed by atoms with van der Waals surface area (Å²) < 4.78 is 25.9. The molecule has 1 fully saturated rings. The molecule has 9 nitrogen and oxygen atoms in total. The maximum Gasteiger partial charge on any atom is 0.373 e. The summed E-state index contributed by atoms with van der Waals surface area (Å²) in [7, 11) is 2.73. The molecule has 150 valence electrons. The molecule has 0 saturated carbocycles. The average molecular weight is 417 g/mol. The third-order valence-corrected chi connectivity index (χ3v) is 5.15. The number of esters is 1. The molecule has 0 spiro atoms. The van der Waals surface area contributed by atoms with E-state index in [4.69, 9.17) is 18.6 Å². The topological polar surface area (TPSA) is 105 Å². The van der Waals surface area contributed by atoms with E-state index in [1.54, 1.807) is 18.2 Å². The fourth-order valence-corrected chi connectivity index (χ4v) is 3.66. The van der Waals surface area contributed by atoms with Crippen LogP contribution in [-0.4, -0.2) is 43.0 Å². The number of hydrogen-bond acceptors (Lipinski definition) is 9. The van der Waals surface area contributed by atoms with Crippen LogP contribution in [0.25, 0.3) is 6.08 Å². The third-order valence-electron chi connectivity index (χ3n) is 4.25. The van der Waals surface area contributed by atoms with Crippen LogP contribution in [0.2, 0.25) is 0 Å². The minimum Gasteiger partial charge on any atom is -0.496 e. The quantitative estimate of drug-likeness (QED) is 0.536. The molecule has 0 radical (unpaired) electrons. The maximum atomic E-state index is 12.7. The number of benzene rings is 1. The number of ether oxygens (including phenoxy) is 4. The number of carbonyl (C=O) groups is 3. The van der Waals surface area contributed by atoms with Crippen LogP contribution in [-0.2, 0) is 16.1 Å². The normalized spacial score (nSPS) is 16.6. The van der Waals surface area contributed by atoms with Gasteiger partial charge >= 0.3 is 5.97 Å². The molecule has 1 aromatic carbocycles. The number of thioether (sulfide) groups is 1. The fraction of sp³-hybridized carbons (Fsp3) is 0.211. The minimum absolute atomic E-state index is 0.00453. The van der Waals surface area contributed by atoms with Gasteiger partial charge in [-0.3, -0.25) is 14.5 Å². The van der Waals surface area contributed by atoms with Crippen molar-refractivity contribution in [1.29, 1.82) is 0 Å². The van der Waals surface area contributed by atoms with Gasteiger partial charge in [0.05, 0.1) is 25.7 Å². The number of imide groups is 1. The molecule has 10 heteroatoms. The van der Waals surface area contributed by atoms with Crippen molar-refractivity contribution in [2.45, 2.75) is 6.54 Å². The zero-order valence-corrected chi connectivity index (χ0v) is 16.2. The number of amides is 2. The lowest BCUT2D eigenvalue weighted by molar-refractivity contribution is -0.123. The SMILES string of the molecule is COC(=O)c1ccc(CN2C(=O)S/C(=C/c3cc4c(cc3OC)OCO4)C2=O)o1. The van der Waals surface area contributed by atoms with Crippen LogP contribution in [0, 0.1) is 0 Å². The van der Waals surface area contributed by atoms with Gasteiger partial charge in [0.2, 0.25) is 12.6 Å². The largest absolute Gasteiger partial charge is 0.496 e. The molecule has 0 atom stereocenters.